The first kappa shape index (κ1) is 21.1. The lowest BCUT2D eigenvalue weighted by molar-refractivity contribution is -0.134. The number of carbonyl (C=O) groups is 1. The molecule has 0 amide bonds. The lowest BCUT2D eigenvalue weighted by Gasteiger charge is -2.25. The smallest absolute Gasteiger partial charge is 0.318 e. The summed E-state index contributed by atoms with van der Waals surface area (Å²) in [7, 11) is -3.70. The van der Waals surface area contributed by atoms with Crippen LogP contribution in [0.4, 0.5) is 0 Å². The Bertz CT molecular complexity index is 852. The molecule has 27 heavy (non-hydrogen) atoms. The predicted molar refractivity (Wildman–Crippen MR) is 104 cm³/mol. The van der Waals surface area contributed by atoms with Crippen molar-refractivity contribution in [1.82, 2.24) is 4.90 Å². The second-order valence-corrected chi connectivity index (χ2v) is 8.82. The summed E-state index contributed by atoms with van der Waals surface area (Å²) in [6, 6.07) is 17.1. The molecule has 1 unspecified atom stereocenters. The van der Waals surface area contributed by atoms with Crippen molar-refractivity contribution in [3.63, 3.8) is 0 Å². The van der Waals surface area contributed by atoms with E-state index in [0.717, 1.165) is 16.7 Å². The van der Waals surface area contributed by atoms with Crippen molar-refractivity contribution in [3.05, 3.63) is 71.3 Å². The Morgan fingerprint density at radius 1 is 1.11 bits per heavy atom. The Hall–Kier alpha value is -2.22. The molecule has 2 rings (SSSR count). The number of aryl methyl sites for hydroxylation is 1. The van der Waals surface area contributed by atoms with Gasteiger partial charge in [0.2, 0.25) is 0 Å². The molecule has 146 valence electrons. The minimum Gasteiger partial charge on any atom is -0.480 e. The van der Waals surface area contributed by atoms with Gasteiger partial charge in [0.15, 0.2) is 9.84 Å². The first-order valence-corrected chi connectivity index (χ1v) is 10.5. The van der Waals surface area contributed by atoms with E-state index in [4.69, 9.17) is 5.11 Å². The predicted octanol–water partition coefficient (Wildman–Crippen LogP) is 2.03. The lowest BCUT2D eigenvalue weighted by atomic mass is 10.1. The van der Waals surface area contributed by atoms with Gasteiger partial charge in [0.25, 0.3) is 0 Å². The largest absolute Gasteiger partial charge is 0.480 e. The number of benzene rings is 2. The van der Waals surface area contributed by atoms with Gasteiger partial charge in [0, 0.05) is 19.6 Å². The highest BCUT2D eigenvalue weighted by Gasteiger charge is 2.20. The number of hydrogen-bond donors (Lipinski definition) is 2. The Morgan fingerprint density at radius 2 is 1.81 bits per heavy atom. The van der Waals surface area contributed by atoms with Crippen molar-refractivity contribution >= 4 is 15.8 Å². The van der Waals surface area contributed by atoms with E-state index in [2.05, 4.69) is 0 Å². The summed E-state index contributed by atoms with van der Waals surface area (Å²) in [6.45, 7) is 2.80. The number of aliphatic hydroxyl groups excluding tert-OH is 1. The molecule has 1 atom stereocenters. The minimum atomic E-state index is -3.70. The molecule has 0 bridgehead atoms. The summed E-state index contributed by atoms with van der Waals surface area (Å²) < 4.78 is 23.9. The Labute approximate surface area is 160 Å². The van der Waals surface area contributed by atoms with E-state index in [1.54, 1.807) is 0 Å². The topological polar surface area (TPSA) is 94.9 Å². The molecular formula is C20H25NO5S. The van der Waals surface area contributed by atoms with Gasteiger partial charge in [-0.2, -0.15) is 0 Å². The van der Waals surface area contributed by atoms with Crippen LogP contribution in [-0.2, 0) is 21.2 Å². The quantitative estimate of drug-likeness (QED) is 0.644. The van der Waals surface area contributed by atoms with Crippen molar-refractivity contribution < 1.29 is 23.4 Å². The molecule has 0 aliphatic heterocycles. The number of nitrogens with zero attached hydrogens (tertiary/aromatic N) is 1. The fraction of sp³-hybridized carbons (Fsp3) is 0.350. The summed E-state index contributed by atoms with van der Waals surface area (Å²) in [5, 5.41) is 19.3. The van der Waals surface area contributed by atoms with Crippen LogP contribution in [0.5, 0.6) is 0 Å². The summed E-state index contributed by atoms with van der Waals surface area (Å²) in [4.78, 5) is 12.5. The molecule has 0 radical (unpaired) electrons. The van der Waals surface area contributed by atoms with Gasteiger partial charge < -0.3 is 10.2 Å². The van der Waals surface area contributed by atoms with Crippen LogP contribution in [0.15, 0.2) is 54.6 Å². The zero-order valence-corrected chi connectivity index (χ0v) is 16.1. The van der Waals surface area contributed by atoms with Gasteiger partial charge in [-0.15, -0.1) is 0 Å². The van der Waals surface area contributed by atoms with Gasteiger partial charge in [-0.05, 0) is 18.1 Å². The van der Waals surface area contributed by atoms with Crippen LogP contribution in [-0.4, -0.2) is 54.1 Å². The molecule has 0 saturated carbocycles. The molecule has 2 N–H and O–H groups in total. The van der Waals surface area contributed by atoms with Crippen molar-refractivity contribution in [3.8, 4) is 0 Å². The molecule has 0 fully saturated rings. The summed E-state index contributed by atoms with van der Waals surface area (Å²) in [5.41, 5.74) is 2.79. The van der Waals surface area contributed by atoms with E-state index >= 15 is 0 Å². The summed E-state index contributed by atoms with van der Waals surface area (Å²) in [5.74, 6) is -2.51. The standard InChI is InChI=1S/C20H25NO5S/c1-16-6-5-9-18(12-16)19(22)14-21(13-17-7-3-2-4-8-17)10-11-27(25,26)15-20(23)24/h2-9,12,19,22H,10-11,13-15H2,1H3,(H,23,24). The van der Waals surface area contributed by atoms with E-state index in [1.165, 1.54) is 0 Å². The number of rotatable bonds is 10. The fourth-order valence-electron chi connectivity index (χ4n) is 2.83. The number of aliphatic hydroxyl groups is 1. The zero-order valence-electron chi connectivity index (χ0n) is 15.3. The van der Waals surface area contributed by atoms with Crippen molar-refractivity contribution in [2.45, 2.75) is 19.6 Å². The third-order valence-corrected chi connectivity index (χ3v) is 5.66. The molecule has 0 heterocycles. The average molecular weight is 391 g/mol. The zero-order chi connectivity index (χ0) is 19.9. The van der Waals surface area contributed by atoms with Gasteiger partial charge in [0.1, 0.15) is 5.75 Å². The number of carboxylic acid groups (broad SMARTS) is 1. The van der Waals surface area contributed by atoms with Gasteiger partial charge in [0.05, 0.1) is 11.9 Å². The van der Waals surface area contributed by atoms with Crippen LogP contribution in [0.1, 0.15) is 22.8 Å². The van der Waals surface area contributed by atoms with Gasteiger partial charge in [-0.3, -0.25) is 9.69 Å². The first-order valence-electron chi connectivity index (χ1n) is 8.68. The average Bonchev–Trinajstić information content (AvgIpc) is 2.59. The van der Waals surface area contributed by atoms with Crippen molar-refractivity contribution in [1.29, 1.82) is 0 Å². The third kappa shape index (κ3) is 7.50. The second-order valence-electron chi connectivity index (χ2n) is 6.64. The van der Waals surface area contributed by atoms with E-state index in [0.29, 0.717) is 6.54 Å². The molecule has 0 aliphatic carbocycles. The maximum Gasteiger partial charge on any atom is 0.318 e. The molecule has 2 aromatic carbocycles. The van der Waals surface area contributed by atoms with Gasteiger partial charge in [-0.25, -0.2) is 8.42 Å². The molecule has 0 spiro atoms. The van der Waals surface area contributed by atoms with Crippen molar-refractivity contribution in [2.75, 3.05) is 24.6 Å². The van der Waals surface area contributed by atoms with Crippen LogP contribution >= 0.6 is 0 Å². The Morgan fingerprint density at radius 3 is 2.44 bits per heavy atom. The number of sulfone groups is 1. The Kier molecular flexibility index (Phi) is 7.53. The van der Waals surface area contributed by atoms with Crippen LogP contribution < -0.4 is 0 Å². The van der Waals surface area contributed by atoms with Crippen LogP contribution in [0.2, 0.25) is 0 Å². The monoisotopic (exact) mass is 391 g/mol. The molecule has 6 nitrogen and oxygen atoms in total. The number of hydrogen-bond acceptors (Lipinski definition) is 5. The number of aliphatic carboxylic acids is 1. The van der Waals surface area contributed by atoms with E-state index in [1.807, 2.05) is 66.4 Å². The fourth-order valence-corrected chi connectivity index (χ4v) is 3.89. The third-order valence-electron chi connectivity index (χ3n) is 4.17. The first-order chi connectivity index (χ1) is 12.7. The molecule has 0 aliphatic rings. The SMILES string of the molecule is Cc1cccc(C(O)CN(CCS(=O)(=O)CC(=O)O)Cc2ccccc2)c1. The maximum absolute atomic E-state index is 11.9. The molecule has 0 saturated heterocycles. The maximum atomic E-state index is 11.9. The lowest BCUT2D eigenvalue weighted by Crippen LogP contribution is -2.34. The highest BCUT2D eigenvalue weighted by Crippen LogP contribution is 2.17. The van der Waals surface area contributed by atoms with Crippen LogP contribution in [0.3, 0.4) is 0 Å². The molecule has 2 aromatic rings. The molecule has 7 heteroatoms. The van der Waals surface area contributed by atoms with Crippen molar-refractivity contribution in [2.24, 2.45) is 0 Å². The normalized spacial score (nSPS) is 12.9. The highest BCUT2D eigenvalue weighted by atomic mass is 32.2. The Balaban J connectivity index is 2.10. The molecular weight excluding hydrogens is 366 g/mol. The summed E-state index contributed by atoms with van der Waals surface area (Å²) >= 11 is 0. The van der Waals surface area contributed by atoms with Crippen LogP contribution in [0, 0.1) is 6.92 Å². The number of carboxylic acids is 1. The second kappa shape index (κ2) is 9.64. The molecule has 0 aromatic heterocycles. The highest BCUT2D eigenvalue weighted by molar-refractivity contribution is 7.92. The van der Waals surface area contributed by atoms with Gasteiger partial charge >= 0.3 is 5.97 Å². The van der Waals surface area contributed by atoms with E-state index in [9.17, 15) is 18.3 Å². The van der Waals surface area contributed by atoms with E-state index < -0.39 is 27.7 Å². The van der Waals surface area contributed by atoms with Gasteiger partial charge in [-0.1, -0.05) is 60.2 Å². The summed E-state index contributed by atoms with van der Waals surface area (Å²) in [6.07, 6.45) is -0.768. The van der Waals surface area contributed by atoms with Crippen LogP contribution in [0.25, 0.3) is 0 Å². The minimum absolute atomic E-state index is 0.146. The van der Waals surface area contributed by atoms with E-state index in [-0.39, 0.29) is 18.8 Å².